The molecule has 1 fully saturated rings. The molecule has 0 bridgehead atoms. The minimum absolute atomic E-state index is 0.0776. The number of amides is 3. The highest BCUT2D eigenvalue weighted by molar-refractivity contribution is 7.90. The molecule has 1 aromatic heterocycles. The largest absolute Gasteiger partial charge is 0.324 e. The molecular formula is C22H25N7O4S. The zero-order valence-electron chi connectivity index (χ0n) is 18.8. The first-order chi connectivity index (χ1) is 16.2. The molecule has 0 radical (unpaired) electrons. The Kier molecular flexibility index (Phi) is 6.59. The highest BCUT2D eigenvalue weighted by Crippen LogP contribution is 2.22. The molecule has 1 aliphatic rings. The molecule has 4 rings (SSSR count). The molecule has 0 spiro atoms. The highest BCUT2D eigenvalue weighted by atomic mass is 32.2. The van der Waals surface area contributed by atoms with E-state index in [2.05, 4.69) is 25.6 Å². The fourth-order valence-corrected chi connectivity index (χ4v) is 4.94. The Balaban J connectivity index is 1.42. The number of sulfonamides is 1. The molecule has 1 aliphatic heterocycles. The second kappa shape index (κ2) is 9.59. The van der Waals surface area contributed by atoms with Crippen LogP contribution in [0.15, 0.2) is 53.4 Å². The van der Waals surface area contributed by atoms with Gasteiger partial charge in [-0.3, -0.25) is 4.79 Å². The quantitative estimate of drug-likeness (QED) is 0.565. The SMILES string of the molecule is Cc1cccc(NC(=O)N2CCCC(C(=O)NS(=O)(=O)c3cccc(-c4nnnn4C)c3)C2)c1. The lowest BCUT2D eigenvalue weighted by Gasteiger charge is -2.32. The maximum Gasteiger partial charge on any atom is 0.321 e. The molecule has 3 aromatic rings. The summed E-state index contributed by atoms with van der Waals surface area (Å²) in [6.45, 7) is 2.54. The molecule has 0 aliphatic carbocycles. The van der Waals surface area contributed by atoms with Gasteiger partial charge in [-0.25, -0.2) is 22.6 Å². The number of nitrogens with zero attached hydrogens (tertiary/aromatic N) is 5. The van der Waals surface area contributed by atoms with Crippen molar-refractivity contribution in [1.29, 1.82) is 0 Å². The Labute approximate surface area is 197 Å². The molecule has 1 saturated heterocycles. The number of urea groups is 1. The first kappa shape index (κ1) is 23.4. The van der Waals surface area contributed by atoms with Crippen LogP contribution in [0.5, 0.6) is 0 Å². The summed E-state index contributed by atoms with van der Waals surface area (Å²) in [6.07, 6.45) is 1.08. The van der Waals surface area contributed by atoms with Crippen LogP contribution in [0, 0.1) is 12.8 Å². The number of nitrogens with one attached hydrogen (secondary N) is 2. The lowest BCUT2D eigenvalue weighted by atomic mass is 9.98. The van der Waals surface area contributed by atoms with Gasteiger partial charge in [0, 0.05) is 31.4 Å². The maximum absolute atomic E-state index is 12.9. The van der Waals surface area contributed by atoms with Crippen LogP contribution >= 0.6 is 0 Å². The van der Waals surface area contributed by atoms with E-state index in [9.17, 15) is 18.0 Å². The first-order valence-corrected chi connectivity index (χ1v) is 12.2. The summed E-state index contributed by atoms with van der Waals surface area (Å²) in [7, 11) is -2.48. The summed E-state index contributed by atoms with van der Waals surface area (Å²) in [5, 5.41) is 14.0. The molecule has 1 atom stereocenters. The van der Waals surface area contributed by atoms with Crippen molar-refractivity contribution in [2.45, 2.75) is 24.7 Å². The number of piperidine rings is 1. The van der Waals surface area contributed by atoms with Crippen molar-refractivity contribution in [1.82, 2.24) is 29.8 Å². The predicted molar refractivity (Wildman–Crippen MR) is 124 cm³/mol. The molecular weight excluding hydrogens is 458 g/mol. The van der Waals surface area contributed by atoms with Crippen molar-refractivity contribution in [3.8, 4) is 11.4 Å². The minimum Gasteiger partial charge on any atom is -0.324 e. The van der Waals surface area contributed by atoms with Gasteiger partial charge < -0.3 is 10.2 Å². The number of benzene rings is 2. The maximum atomic E-state index is 12.9. The Hall–Kier alpha value is -3.80. The Morgan fingerprint density at radius 2 is 1.91 bits per heavy atom. The molecule has 2 aromatic carbocycles. The van der Waals surface area contributed by atoms with Gasteiger partial charge >= 0.3 is 6.03 Å². The van der Waals surface area contributed by atoms with Gasteiger partial charge in [-0.15, -0.1) is 5.10 Å². The molecule has 178 valence electrons. The summed E-state index contributed by atoms with van der Waals surface area (Å²) in [6, 6.07) is 13.1. The van der Waals surface area contributed by atoms with E-state index in [0.29, 0.717) is 36.5 Å². The van der Waals surface area contributed by atoms with Gasteiger partial charge in [0.2, 0.25) is 5.91 Å². The van der Waals surface area contributed by atoms with E-state index in [1.54, 1.807) is 25.2 Å². The summed E-state index contributed by atoms with van der Waals surface area (Å²) in [5.41, 5.74) is 2.18. The average molecular weight is 484 g/mol. The fraction of sp³-hybridized carbons (Fsp3) is 0.318. The topological polar surface area (TPSA) is 139 Å². The van der Waals surface area contributed by atoms with Crippen molar-refractivity contribution in [2.75, 3.05) is 18.4 Å². The monoisotopic (exact) mass is 483 g/mol. The summed E-state index contributed by atoms with van der Waals surface area (Å²) in [5.74, 6) is -0.886. The number of tetrazole rings is 1. The molecule has 2 N–H and O–H groups in total. The van der Waals surface area contributed by atoms with Crippen LogP contribution in [-0.2, 0) is 21.9 Å². The van der Waals surface area contributed by atoms with Gasteiger partial charge in [-0.1, -0.05) is 24.3 Å². The van der Waals surface area contributed by atoms with Gasteiger partial charge in [0.25, 0.3) is 10.0 Å². The van der Waals surface area contributed by atoms with E-state index in [4.69, 9.17) is 0 Å². The molecule has 1 unspecified atom stereocenters. The molecule has 3 amide bonds. The zero-order chi connectivity index (χ0) is 24.3. The van der Waals surface area contributed by atoms with Gasteiger partial charge in [0.15, 0.2) is 5.82 Å². The van der Waals surface area contributed by atoms with E-state index >= 15 is 0 Å². The normalized spacial score (nSPS) is 16.2. The standard InChI is InChI=1S/C22H25N7O4S/c1-15-6-3-9-18(12-15)23-22(31)29-11-5-8-17(14-29)21(30)25-34(32,33)19-10-4-7-16(13-19)20-24-26-27-28(20)2/h3-4,6-7,9-10,12-13,17H,5,8,11,14H2,1-2H3,(H,23,31)(H,25,30). The number of carbonyl (C=O) groups is 2. The fourth-order valence-electron chi connectivity index (χ4n) is 3.85. The second-order valence-electron chi connectivity index (χ2n) is 8.21. The van der Waals surface area contributed by atoms with Crippen molar-refractivity contribution < 1.29 is 18.0 Å². The Bertz CT molecular complexity index is 1320. The first-order valence-electron chi connectivity index (χ1n) is 10.7. The Morgan fingerprint density at radius 3 is 2.65 bits per heavy atom. The molecule has 2 heterocycles. The summed E-state index contributed by atoms with van der Waals surface area (Å²) in [4.78, 5) is 27.0. The van der Waals surface area contributed by atoms with Crippen LogP contribution in [0.1, 0.15) is 18.4 Å². The van der Waals surface area contributed by atoms with Crippen LogP contribution in [-0.4, -0.2) is 58.6 Å². The highest BCUT2D eigenvalue weighted by Gasteiger charge is 2.31. The average Bonchev–Trinajstić information content (AvgIpc) is 3.25. The number of rotatable bonds is 5. The van der Waals surface area contributed by atoms with E-state index < -0.39 is 21.8 Å². The van der Waals surface area contributed by atoms with E-state index in [1.807, 2.05) is 25.1 Å². The third-order valence-corrected chi connectivity index (χ3v) is 6.95. The van der Waals surface area contributed by atoms with Crippen molar-refractivity contribution in [3.05, 3.63) is 54.1 Å². The third-order valence-electron chi connectivity index (χ3n) is 5.61. The molecule has 11 nitrogen and oxygen atoms in total. The van der Waals surface area contributed by atoms with Crippen molar-refractivity contribution >= 4 is 27.6 Å². The minimum atomic E-state index is -4.12. The predicted octanol–water partition coefficient (Wildman–Crippen LogP) is 1.93. The number of aromatic nitrogens is 4. The number of anilines is 1. The summed E-state index contributed by atoms with van der Waals surface area (Å²) < 4.78 is 29.4. The number of hydrogen-bond acceptors (Lipinski definition) is 7. The van der Waals surface area contributed by atoms with Gasteiger partial charge in [-0.05, 0) is 60.0 Å². The van der Waals surface area contributed by atoms with E-state index in [0.717, 1.165) is 5.56 Å². The smallest absolute Gasteiger partial charge is 0.321 e. The van der Waals surface area contributed by atoms with Crippen LogP contribution in [0.4, 0.5) is 10.5 Å². The van der Waals surface area contributed by atoms with Crippen LogP contribution in [0.3, 0.4) is 0 Å². The summed E-state index contributed by atoms with van der Waals surface area (Å²) >= 11 is 0. The van der Waals surface area contributed by atoms with Crippen LogP contribution in [0.25, 0.3) is 11.4 Å². The zero-order valence-corrected chi connectivity index (χ0v) is 19.6. The van der Waals surface area contributed by atoms with Crippen LogP contribution < -0.4 is 10.0 Å². The second-order valence-corrected chi connectivity index (χ2v) is 9.89. The molecule has 0 saturated carbocycles. The van der Waals surface area contributed by atoms with Gasteiger partial charge in [0.05, 0.1) is 10.8 Å². The number of carbonyl (C=O) groups excluding carboxylic acids is 2. The van der Waals surface area contributed by atoms with Crippen molar-refractivity contribution in [2.24, 2.45) is 13.0 Å². The number of hydrogen-bond donors (Lipinski definition) is 2. The number of likely N-dealkylation sites (tertiary alicyclic amines) is 1. The lowest BCUT2D eigenvalue weighted by Crippen LogP contribution is -2.47. The molecule has 12 heteroatoms. The van der Waals surface area contributed by atoms with Crippen LogP contribution in [0.2, 0.25) is 0 Å². The molecule has 34 heavy (non-hydrogen) atoms. The Morgan fingerprint density at radius 1 is 1.12 bits per heavy atom. The van der Waals surface area contributed by atoms with E-state index in [1.165, 1.54) is 21.7 Å². The third kappa shape index (κ3) is 5.22. The van der Waals surface area contributed by atoms with Gasteiger partial charge in [0.1, 0.15) is 0 Å². The van der Waals surface area contributed by atoms with Crippen molar-refractivity contribution in [3.63, 3.8) is 0 Å². The number of aryl methyl sites for hydroxylation is 2. The van der Waals surface area contributed by atoms with Gasteiger partial charge in [-0.2, -0.15) is 0 Å². The van der Waals surface area contributed by atoms with E-state index in [-0.39, 0.29) is 17.5 Å². The lowest BCUT2D eigenvalue weighted by molar-refractivity contribution is -0.124.